The number of nitrogens with one attached hydrogen (secondary N) is 1. The van der Waals surface area contributed by atoms with Crippen molar-refractivity contribution in [2.45, 2.75) is 6.92 Å². The number of halogens is 3. The van der Waals surface area contributed by atoms with Gasteiger partial charge in [-0.05, 0) is 25.1 Å². The normalized spacial score (nSPS) is 10.3. The van der Waals surface area contributed by atoms with Crippen molar-refractivity contribution in [3.05, 3.63) is 58.4 Å². The molecule has 1 N–H and O–H groups in total. The molecule has 0 unspecified atom stereocenters. The number of nitrogens with zero attached hydrogens (tertiary/aromatic N) is 1. The lowest BCUT2D eigenvalue weighted by Crippen LogP contribution is -2.15. The largest absolute Gasteiger partial charge is 0.322 e. The first-order chi connectivity index (χ1) is 9.00. The maximum atomic E-state index is 13.6. The van der Waals surface area contributed by atoms with Crippen LogP contribution in [0.4, 0.5) is 14.5 Å². The van der Waals surface area contributed by atoms with Gasteiger partial charge in [-0.3, -0.25) is 4.79 Å². The number of anilines is 1. The van der Waals surface area contributed by atoms with E-state index in [-0.39, 0.29) is 22.0 Å². The molecule has 19 heavy (non-hydrogen) atoms. The van der Waals surface area contributed by atoms with Crippen LogP contribution in [0.5, 0.6) is 0 Å². The molecule has 0 bridgehead atoms. The molecule has 0 radical (unpaired) electrons. The van der Waals surface area contributed by atoms with Crippen molar-refractivity contribution in [1.29, 1.82) is 0 Å². The van der Waals surface area contributed by atoms with E-state index in [0.29, 0.717) is 0 Å². The van der Waals surface area contributed by atoms with Crippen molar-refractivity contribution in [1.82, 2.24) is 4.98 Å². The van der Waals surface area contributed by atoms with Gasteiger partial charge in [-0.2, -0.15) is 0 Å². The van der Waals surface area contributed by atoms with Gasteiger partial charge in [0.2, 0.25) is 0 Å². The lowest BCUT2D eigenvalue weighted by Gasteiger charge is -2.09. The lowest BCUT2D eigenvalue weighted by molar-refractivity contribution is 0.102. The maximum Gasteiger partial charge on any atom is 0.258 e. The highest BCUT2D eigenvalue weighted by atomic mass is 35.5. The number of hydrogen-bond acceptors (Lipinski definition) is 2. The summed E-state index contributed by atoms with van der Waals surface area (Å²) in [5.74, 6) is -2.07. The van der Waals surface area contributed by atoms with Crippen molar-refractivity contribution >= 4 is 23.2 Å². The molecule has 1 heterocycles. The molecule has 0 saturated carbocycles. The van der Waals surface area contributed by atoms with Crippen molar-refractivity contribution in [2.75, 3.05) is 5.32 Å². The molecule has 2 aromatic rings. The van der Waals surface area contributed by atoms with Crippen LogP contribution in [0.15, 0.2) is 30.5 Å². The van der Waals surface area contributed by atoms with E-state index >= 15 is 0 Å². The molecule has 0 atom stereocenters. The SMILES string of the molecule is Cc1c(F)cccc1NC(=O)c1ccnc(Cl)c1F. The Kier molecular flexibility index (Phi) is 3.76. The molecule has 0 aliphatic carbocycles. The number of pyridine rings is 1. The summed E-state index contributed by atoms with van der Waals surface area (Å²) in [4.78, 5) is 15.4. The second kappa shape index (κ2) is 5.32. The molecule has 3 nitrogen and oxygen atoms in total. The fourth-order valence-electron chi connectivity index (χ4n) is 1.53. The predicted molar refractivity (Wildman–Crippen MR) is 68.3 cm³/mol. The number of hydrogen-bond donors (Lipinski definition) is 1. The number of benzene rings is 1. The Balaban J connectivity index is 2.31. The second-order valence-electron chi connectivity index (χ2n) is 3.83. The maximum absolute atomic E-state index is 13.6. The molecule has 0 fully saturated rings. The number of carbonyl (C=O) groups is 1. The van der Waals surface area contributed by atoms with Crippen LogP contribution < -0.4 is 5.32 Å². The summed E-state index contributed by atoms with van der Waals surface area (Å²) in [5.41, 5.74) is 0.303. The van der Waals surface area contributed by atoms with Crippen LogP contribution in [-0.4, -0.2) is 10.9 Å². The molecular formula is C13H9ClF2N2O. The number of carbonyl (C=O) groups excluding carboxylic acids is 1. The van der Waals surface area contributed by atoms with Gasteiger partial charge < -0.3 is 5.32 Å². The summed E-state index contributed by atoms with van der Waals surface area (Å²) in [7, 11) is 0. The van der Waals surface area contributed by atoms with Crippen LogP contribution in [0.3, 0.4) is 0 Å². The third-order valence-corrected chi connectivity index (χ3v) is 2.87. The Bertz CT molecular complexity index is 647. The van der Waals surface area contributed by atoms with Gasteiger partial charge in [0.15, 0.2) is 11.0 Å². The molecule has 1 aromatic heterocycles. The molecule has 6 heteroatoms. The van der Waals surface area contributed by atoms with Gasteiger partial charge in [-0.1, -0.05) is 17.7 Å². The van der Waals surface area contributed by atoms with E-state index in [2.05, 4.69) is 10.3 Å². The Hall–Kier alpha value is -2.01. The zero-order chi connectivity index (χ0) is 14.0. The summed E-state index contributed by atoms with van der Waals surface area (Å²) < 4.78 is 26.9. The summed E-state index contributed by atoms with van der Waals surface area (Å²) in [6.45, 7) is 1.51. The van der Waals surface area contributed by atoms with E-state index in [1.54, 1.807) is 0 Å². The monoisotopic (exact) mass is 282 g/mol. The highest BCUT2D eigenvalue weighted by Gasteiger charge is 2.16. The standard InChI is InChI=1S/C13H9ClF2N2O/c1-7-9(15)3-2-4-10(7)18-13(19)8-5-6-17-12(14)11(8)16/h2-6H,1H3,(H,18,19). The van der Waals surface area contributed by atoms with E-state index in [4.69, 9.17) is 11.6 Å². The van der Waals surface area contributed by atoms with Crippen LogP contribution >= 0.6 is 11.6 Å². The quantitative estimate of drug-likeness (QED) is 0.856. The predicted octanol–water partition coefficient (Wildman–Crippen LogP) is 3.57. The number of aromatic nitrogens is 1. The Morgan fingerprint density at radius 2 is 2.05 bits per heavy atom. The van der Waals surface area contributed by atoms with Crippen LogP contribution in [0, 0.1) is 18.6 Å². The van der Waals surface area contributed by atoms with E-state index < -0.39 is 17.5 Å². The highest BCUT2D eigenvalue weighted by molar-refractivity contribution is 6.30. The first-order valence-electron chi connectivity index (χ1n) is 5.37. The molecule has 0 aliphatic heterocycles. The number of amides is 1. The van der Waals surface area contributed by atoms with Crippen LogP contribution in [0.25, 0.3) is 0 Å². The average molecular weight is 283 g/mol. The third kappa shape index (κ3) is 2.71. The van der Waals surface area contributed by atoms with E-state index in [1.807, 2.05) is 0 Å². The lowest BCUT2D eigenvalue weighted by atomic mass is 10.1. The first kappa shape index (κ1) is 13.4. The molecule has 1 amide bonds. The van der Waals surface area contributed by atoms with E-state index in [9.17, 15) is 13.6 Å². The van der Waals surface area contributed by atoms with Gasteiger partial charge in [-0.25, -0.2) is 13.8 Å². The van der Waals surface area contributed by atoms with Gasteiger partial charge in [-0.15, -0.1) is 0 Å². The molecule has 0 saturated heterocycles. The molecule has 2 rings (SSSR count). The van der Waals surface area contributed by atoms with E-state index in [1.165, 1.54) is 37.4 Å². The van der Waals surface area contributed by atoms with Gasteiger partial charge >= 0.3 is 0 Å². The highest BCUT2D eigenvalue weighted by Crippen LogP contribution is 2.20. The summed E-state index contributed by atoms with van der Waals surface area (Å²) in [5, 5.41) is 2.04. The van der Waals surface area contributed by atoms with Gasteiger partial charge in [0, 0.05) is 17.4 Å². The van der Waals surface area contributed by atoms with Gasteiger partial charge in [0.25, 0.3) is 5.91 Å². The fraction of sp³-hybridized carbons (Fsp3) is 0.0769. The smallest absolute Gasteiger partial charge is 0.258 e. The van der Waals surface area contributed by atoms with Crippen molar-refractivity contribution in [3.63, 3.8) is 0 Å². The van der Waals surface area contributed by atoms with Gasteiger partial charge in [0.1, 0.15) is 5.82 Å². The van der Waals surface area contributed by atoms with Crippen LogP contribution in [0.2, 0.25) is 5.15 Å². The minimum Gasteiger partial charge on any atom is -0.322 e. The zero-order valence-corrected chi connectivity index (χ0v) is 10.6. The van der Waals surface area contributed by atoms with Crippen LogP contribution in [-0.2, 0) is 0 Å². The summed E-state index contributed by atoms with van der Waals surface area (Å²) in [6.07, 6.45) is 1.22. The van der Waals surface area contributed by atoms with Crippen molar-refractivity contribution in [3.8, 4) is 0 Å². The average Bonchev–Trinajstić information content (AvgIpc) is 2.38. The molecular weight excluding hydrogens is 274 g/mol. The topological polar surface area (TPSA) is 42.0 Å². The molecule has 98 valence electrons. The van der Waals surface area contributed by atoms with E-state index in [0.717, 1.165) is 0 Å². The molecule has 1 aromatic carbocycles. The fourth-order valence-corrected chi connectivity index (χ4v) is 1.68. The van der Waals surface area contributed by atoms with Crippen molar-refractivity contribution < 1.29 is 13.6 Å². The Morgan fingerprint density at radius 3 is 2.79 bits per heavy atom. The third-order valence-electron chi connectivity index (χ3n) is 2.61. The number of rotatable bonds is 2. The zero-order valence-electron chi connectivity index (χ0n) is 9.88. The second-order valence-corrected chi connectivity index (χ2v) is 4.19. The first-order valence-corrected chi connectivity index (χ1v) is 5.75. The Morgan fingerprint density at radius 1 is 1.32 bits per heavy atom. The minimum atomic E-state index is -0.907. The van der Waals surface area contributed by atoms with Gasteiger partial charge in [0.05, 0.1) is 5.56 Å². The van der Waals surface area contributed by atoms with Crippen molar-refractivity contribution in [2.24, 2.45) is 0 Å². The van der Waals surface area contributed by atoms with Crippen LogP contribution in [0.1, 0.15) is 15.9 Å². The minimum absolute atomic E-state index is 0.247. The summed E-state index contributed by atoms with van der Waals surface area (Å²) >= 11 is 5.49. The Labute approximate surface area is 113 Å². The molecule has 0 aliphatic rings. The molecule has 0 spiro atoms. The summed E-state index contributed by atoms with van der Waals surface area (Å²) in [6, 6.07) is 5.45.